The lowest BCUT2D eigenvalue weighted by Gasteiger charge is -2.60. The molecule has 5 N–H and O–H groups in total. The van der Waals surface area contributed by atoms with Gasteiger partial charge in [-0.3, -0.25) is 9.59 Å². The smallest absolute Gasteiger partial charge is 0.246 e. The SMILES string of the molecule is CN1C(=O)C=C[C@]2(C)[C@H]3CC[C@]4(C)[C@@H](CC(=O)NN=C(N)N)CC[C@H]4[C@@H]3CC[C@@H]12. The molecule has 4 aliphatic rings. The van der Waals surface area contributed by atoms with Gasteiger partial charge in [-0.25, -0.2) is 5.43 Å². The number of nitrogens with zero attached hydrogens (tertiary/aromatic N) is 2. The quantitative estimate of drug-likeness (QED) is 0.381. The van der Waals surface area contributed by atoms with Crippen molar-refractivity contribution in [2.45, 2.75) is 64.8 Å². The number of hydrazone groups is 1. The Hall–Kier alpha value is -2.05. The number of fused-ring (bicyclic) bond motifs is 5. The predicted octanol–water partition coefficient (Wildman–Crippen LogP) is 1.94. The first kappa shape index (κ1) is 20.2. The lowest BCUT2D eigenvalue weighted by Crippen LogP contribution is -2.59. The van der Waals surface area contributed by atoms with Gasteiger partial charge in [0.05, 0.1) is 0 Å². The first-order valence-corrected chi connectivity index (χ1v) is 11.0. The van der Waals surface area contributed by atoms with Crippen molar-refractivity contribution in [3.05, 3.63) is 12.2 Å². The lowest BCUT2D eigenvalue weighted by atomic mass is 9.47. The monoisotopic (exact) mass is 401 g/mol. The number of amides is 2. The van der Waals surface area contributed by atoms with E-state index >= 15 is 0 Å². The Labute approximate surface area is 173 Å². The summed E-state index contributed by atoms with van der Waals surface area (Å²) in [5.74, 6) is 2.23. The maximum Gasteiger partial charge on any atom is 0.246 e. The van der Waals surface area contributed by atoms with Gasteiger partial charge in [0, 0.05) is 24.9 Å². The van der Waals surface area contributed by atoms with Crippen LogP contribution in [-0.2, 0) is 9.59 Å². The number of likely N-dealkylation sites (N-methyl/N-ethyl adjacent to an activating group) is 1. The fourth-order valence-corrected chi connectivity index (χ4v) is 7.58. The van der Waals surface area contributed by atoms with Crippen LogP contribution in [-0.4, -0.2) is 35.8 Å². The van der Waals surface area contributed by atoms with Crippen molar-refractivity contribution in [2.75, 3.05) is 7.05 Å². The molecule has 4 rings (SSSR count). The molecule has 1 heterocycles. The molecule has 2 amide bonds. The summed E-state index contributed by atoms with van der Waals surface area (Å²) in [7, 11) is 1.96. The number of guanidine groups is 1. The molecule has 3 saturated carbocycles. The minimum absolute atomic E-state index is 0.0652. The van der Waals surface area contributed by atoms with E-state index in [1.165, 1.54) is 19.3 Å². The topological polar surface area (TPSA) is 114 Å². The fraction of sp³-hybridized carbons (Fsp3) is 0.773. The molecule has 0 aromatic carbocycles. The number of carbonyl (C=O) groups is 2. The summed E-state index contributed by atoms with van der Waals surface area (Å²) in [6, 6.07) is 0.313. The van der Waals surface area contributed by atoms with E-state index in [1.54, 1.807) is 6.08 Å². The summed E-state index contributed by atoms with van der Waals surface area (Å²) in [6.07, 6.45) is 11.3. The molecular formula is C22H35N5O2. The average molecular weight is 402 g/mol. The van der Waals surface area contributed by atoms with Gasteiger partial charge in [0.25, 0.3) is 0 Å². The van der Waals surface area contributed by atoms with Crippen LogP contribution in [0.3, 0.4) is 0 Å². The minimum Gasteiger partial charge on any atom is -0.369 e. The predicted molar refractivity (Wildman–Crippen MR) is 112 cm³/mol. The van der Waals surface area contributed by atoms with Crippen LogP contribution in [0.15, 0.2) is 17.3 Å². The minimum atomic E-state index is -0.122. The van der Waals surface area contributed by atoms with Crippen LogP contribution in [0.4, 0.5) is 0 Å². The van der Waals surface area contributed by atoms with E-state index in [9.17, 15) is 9.59 Å². The maximum atomic E-state index is 12.3. The van der Waals surface area contributed by atoms with Crippen molar-refractivity contribution in [1.29, 1.82) is 0 Å². The van der Waals surface area contributed by atoms with Crippen LogP contribution >= 0.6 is 0 Å². The molecule has 0 unspecified atom stereocenters. The van der Waals surface area contributed by atoms with Crippen molar-refractivity contribution in [2.24, 2.45) is 51.1 Å². The Morgan fingerprint density at radius 3 is 2.69 bits per heavy atom. The third-order valence-corrected chi connectivity index (χ3v) is 9.07. The molecule has 1 aliphatic heterocycles. The number of hydrogen-bond acceptors (Lipinski definition) is 3. The highest BCUT2D eigenvalue weighted by atomic mass is 16.2. The molecular weight excluding hydrogens is 366 g/mol. The maximum absolute atomic E-state index is 12.3. The number of nitrogens with one attached hydrogen (secondary N) is 1. The molecule has 0 spiro atoms. The molecule has 3 aliphatic carbocycles. The van der Waals surface area contributed by atoms with Crippen LogP contribution in [0.5, 0.6) is 0 Å². The second-order valence-electron chi connectivity index (χ2n) is 10.2. The van der Waals surface area contributed by atoms with Crippen molar-refractivity contribution in [3.63, 3.8) is 0 Å². The highest BCUT2D eigenvalue weighted by Gasteiger charge is 2.60. The van der Waals surface area contributed by atoms with E-state index in [2.05, 4.69) is 30.5 Å². The molecule has 0 radical (unpaired) electrons. The van der Waals surface area contributed by atoms with Gasteiger partial charge >= 0.3 is 0 Å². The van der Waals surface area contributed by atoms with Gasteiger partial charge in [0.15, 0.2) is 0 Å². The van der Waals surface area contributed by atoms with Crippen LogP contribution < -0.4 is 16.9 Å². The number of rotatable bonds is 3. The van der Waals surface area contributed by atoms with Crippen LogP contribution in [0.2, 0.25) is 0 Å². The van der Waals surface area contributed by atoms with Gasteiger partial charge < -0.3 is 16.4 Å². The van der Waals surface area contributed by atoms with Crippen molar-refractivity contribution in [1.82, 2.24) is 10.3 Å². The third kappa shape index (κ3) is 3.13. The Balaban J connectivity index is 1.52. The van der Waals surface area contributed by atoms with E-state index in [4.69, 9.17) is 11.5 Å². The molecule has 7 nitrogen and oxygen atoms in total. The average Bonchev–Trinajstić information content (AvgIpc) is 3.00. The normalized spacial score (nSPS) is 43.2. The molecule has 0 aromatic heterocycles. The molecule has 3 fully saturated rings. The van der Waals surface area contributed by atoms with E-state index in [-0.39, 0.29) is 28.6 Å². The van der Waals surface area contributed by atoms with Crippen molar-refractivity contribution in [3.8, 4) is 0 Å². The van der Waals surface area contributed by atoms with E-state index < -0.39 is 0 Å². The zero-order valence-electron chi connectivity index (χ0n) is 17.9. The Morgan fingerprint density at radius 2 is 1.97 bits per heavy atom. The van der Waals surface area contributed by atoms with Gasteiger partial charge in [0.2, 0.25) is 17.8 Å². The van der Waals surface area contributed by atoms with E-state index in [0.717, 1.165) is 19.3 Å². The van der Waals surface area contributed by atoms with Gasteiger partial charge in [-0.1, -0.05) is 19.9 Å². The second kappa shape index (κ2) is 7.03. The van der Waals surface area contributed by atoms with Gasteiger partial charge in [-0.2, -0.15) is 0 Å². The molecule has 0 aromatic rings. The number of hydrogen-bond donors (Lipinski definition) is 3. The van der Waals surface area contributed by atoms with Gasteiger partial charge in [-0.15, -0.1) is 5.10 Å². The summed E-state index contributed by atoms with van der Waals surface area (Å²) in [6.45, 7) is 4.77. The Morgan fingerprint density at radius 1 is 1.21 bits per heavy atom. The largest absolute Gasteiger partial charge is 0.369 e. The van der Waals surface area contributed by atoms with Crippen molar-refractivity contribution >= 4 is 17.8 Å². The molecule has 7 heteroatoms. The number of nitrogens with two attached hydrogens (primary N) is 2. The first-order chi connectivity index (χ1) is 13.7. The highest BCUT2D eigenvalue weighted by molar-refractivity contribution is 5.89. The molecule has 0 bridgehead atoms. The zero-order valence-corrected chi connectivity index (χ0v) is 17.9. The van der Waals surface area contributed by atoms with Crippen molar-refractivity contribution < 1.29 is 9.59 Å². The van der Waals surface area contributed by atoms with E-state index in [1.807, 2.05) is 11.9 Å². The Kier molecular flexibility index (Phi) is 4.90. The van der Waals surface area contributed by atoms with Crippen LogP contribution in [0.1, 0.15) is 58.8 Å². The molecule has 29 heavy (non-hydrogen) atoms. The van der Waals surface area contributed by atoms with Gasteiger partial charge in [-0.05, 0) is 73.7 Å². The highest BCUT2D eigenvalue weighted by Crippen LogP contribution is 2.65. The number of carbonyl (C=O) groups excluding carboxylic acids is 2. The Bertz CT molecular complexity index is 760. The third-order valence-electron chi connectivity index (χ3n) is 9.07. The van der Waals surface area contributed by atoms with Crippen LogP contribution in [0.25, 0.3) is 0 Å². The lowest BCUT2D eigenvalue weighted by molar-refractivity contribution is -0.139. The van der Waals surface area contributed by atoms with E-state index in [0.29, 0.717) is 36.1 Å². The summed E-state index contributed by atoms with van der Waals surface area (Å²) in [5, 5.41) is 3.66. The van der Waals surface area contributed by atoms with Crippen LogP contribution in [0, 0.1) is 34.5 Å². The summed E-state index contributed by atoms with van der Waals surface area (Å²) in [5.41, 5.74) is 13.4. The molecule has 160 valence electrons. The molecule has 0 saturated heterocycles. The first-order valence-electron chi connectivity index (χ1n) is 11.0. The zero-order chi connectivity index (χ0) is 21.0. The standard InChI is InChI=1S/C22H35N5O2/c1-21-10-8-16-14(5-7-17-22(16,2)11-9-19(29)27(17)3)15(21)6-4-13(21)12-18(28)25-26-20(23)24/h9,11,13-17H,4-8,10,12H2,1-3H3,(H,25,28)(H4,23,24,26)/t13-,14+,15+,16+,17-,21-,22-/m1/s1. The molecule has 7 atom stereocenters. The summed E-state index contributed by atoms with van der Waals surface area (Å²) >= 11 is 0. The summed E-state index contributed by atoms with van der Waals surface area (Å²) < 4.78 is 0. The van der Waals surface area contributed by atoms with Gasteiger partial charge in [0.1, 0.15) is 0 Å². The summed E-state index contributed by atoms with van der Waals surface area (Å²) in [4.78, 5) is 26.5. The second-order valence-corrected chi connectivity index (χ2v) is 10.2. The fourth-order valence-electron chi connectivity index (χ4n) is 7.58.